The zero-order valence-corrected chi connectivity index (χ0v) is 10.8. The molecule has 1 heterocycles. The molecule has 2 nitrogen and oxygen atoms in total. The molecular weight excluding hydrogens is 200 g/mol. The summed E-state index contributed by atoms with van der Waals surface area (Å²) in [5.41, 5.74) is 0. The first kappa shape index (κ1) is 13.7. The first-order valence-corrected chi connectivity index (χ1v) is 6.88. The molecule has 2 unspecified atom stereocenters. The molecule has 1 fully saturated rings. The van der Waals surface area contributed by atoms with E-state index in [-0.39, 0.29) is 5.92 Å². The molecule has 0 aromatic heterocycles. The van der Waals surface area contributed by atoms with Crippen molar-refractivity contribution in [1.29, 1.82) is 0 Å². The van der Waals surface area contributed by atoms with E-state index in [0.717, 1.165) is 19.3 Å². The lowest BCUT2D eigenvalue weighted by Gasteiger charge is -2.06. The molecule has 0 amide bonds. The largest absolute Gasteiger partial charge is 0.378 e. The standard InChI is InChI=1S/C14H26O2/c1-3-4-5-6-7-8-9-14(15)13-10-12(2)16-11-13/h12-13H,3-11H2,1-2H3. The summed E-state index contributed by atoms with van der Waals surface area (Å²) in [7, 11) is 0. The van der Waals surface area contributed by atoms with Crippen molar-refractivity contribution in [2.75, 3.05) is 6.61 Å². The molecule has 1 aliphatic heterocycles. The Hall–Kier alpha value is -0.370. The molecule has 2 atom stereocenters. The van der Waals surface area contributed by atoms with Crippen molar-refractivity contribution in [3.63, 3.8) is 0 Å². The number of hydrogen-bond donors (Lipinski definition) is 0. The lowest BCUT2D eigenvalue weighted by molar-refractivity contribution is -0.122. The molecule has 0 spiro atoms. The maximum absolute atomic E-state index is 11.8. The number of ether oxygens (including phenoxy) is 1. The smallest absolute Gasteiger partial charge is 0.138 e. The first-order valence-electron chi connectivity index (χ1n) is 6.88. The minimum atomic E-state index is 0.200. The van der Waals surface area contributed by atoms with Crippen LogP contribution in [0.1, 0.15) is 65.2 Å². The van der Waals surface area contributed by atoms with E-state index in [9.17, 15) is 4.79 Å². The predicted molar refractivity (Wildman–Crippen MR) is 66.5 cm³/mol. The van der Waals surface area contributed by atoms with Gasteiger partial charge in [-0.1, -0.05) is 39.0 Å². The summed E-state index contributed by atoms with van der Waals surface area (Å²) < 4.78 is 5.43. The number of carbonyl (C=O) groups is 1. The van der Waals surface area contributed by atoms with Crippen LogP contribution in [0.4, 0.5) is 0 Å². The number of carbonyl (C=O) groups excluding carboxylic acids is 1. The Morgan fingerprint density at radius 1 is 1.19 bits per heavy atom. The Balaban J connectivity index is 1.98. The zero-order valence-electron chi connectivity index (χ0n) is 10.8. The van der Waals surface area contributed by atoms with E-state index < -0.39 is 0 Å². The van der Waals surface area contributed by atoms with E-state index in [1.54, 1.807) is 0 Å². The number of hydrogen-bond acceptors (Lipinski definition) is 2. The van der Waals surface area contributed by atoms with Crippen LogP contribution in [0.3, 0.4) is 0 Å². The fourth-order valence-corrected chi connectivity index (χ4v) is 2.33. The molecule has 0 aromatic rings. The molecule has 0 N–H and O–H groups in total. The third-order valence-corrected chi connectivity index (χ3v) is 3.43. The zero-order chi connectivity index (χ0) is 11.8. The van der Waals surface area contributed by atoms with Gasteiger partial charge in [0.2, 0.25) is 0 Å². The van der Waals surface area contributed by atoms with E-state index in [0.29, 0.717) is 18.5 Å². The highest BCUT2D eigenvalue weighted by molar-refractivity contribution is 5.81. The van der Waals surface area contributed by atoms with Crippen LogP contribution in [0.2, 0.25) is 0 Å². The van der Waals surface area contributed by atoms with Gasteiger partial charge in [-0.15, -0.1) is 0 Å². The molecule has 0 aromatic carbocycles. The van der Waals surface area contributed by atoms with Gasteiger partial charge in [0.05, 0.1) is 12.7 Å². The lowest BCUT2D eigenvalue weighted by Crippen LogP contribution is -2.14. The summed E-state index contributed by atoms with van der Waals surface area (Å²) in [6.07, 6.45) is 9.54. The molecule has 0 aliphatic carbocycles. The summed E-state index contributed by atoms with van der Waals surface area (Å²) in [5, 5.41) is 0. The maximum Gasteiger partial charge on any atom is 0.138 e. The van der Waals surface area contributed by atoms with Crippen molar-refractivity contribution in [2.24, 2.45) is 5.92 Å². The number of ketones is 1. The van der Waals surface area contributed by atoms with Gasteiger partial charge in [-0.05, 0) is 19.8 Å². The average Bonchev–Trinajstić information content (AvgIpc) is 2.70. The monoisotopic (exact) mass is 226 g/mol. The third kappa shape index (κ3) is 5.11. The lowest BCUT2D eigenvalue weighted by atomic mass is 9.96. The van der Waals surface area contributed by atoms with Crippen molar-refractivity contribution in [1.82, 2.24) is 0 Å². The Morgan fingerprint density at radius 2 is 1.88 bits per heavy atom. The number of rotatable bonds is 8. The number of unbranched alkanes of at least 4 members (excludes halogenated alkanes) is 5. The summed E-state index contributed by atoms with van der Waals surface area (Å²) in [6, 6.07) is 0. The molecule has 94 valence electrons. The van der Waals surface area contributed by atoms with Crippen LogP contribution in [-0.4, -0.2) is 18.5 Å². The summed E-state index contributed by atoms with van der Waals surface area (Å²) >= 11 is 0. The molecule has 0 radical (unpaired) electrons. The van der Waals surface area contributed by atoms with Gasteiger partial charge in [0.1, 0.15) is 5.78 Å². The average molecular weight is 226 g/mol. The van der Waals surface area contributed by atoms with Crippen molar-refractivity contribution in [3.8, 4) is 0 Å². The summed E-state index contributed by atoms with van der Waals surface area (Å²) in [6.45, 7) is 4.94. The van der Waals surface area contributed by atoms with E-state index in [4.69, 9.17) is 4.74 Å². The van der Waals surface area contributed by atoms with Crippen molar-refractivity contribution in [2.45, 2.75) is 71.3 Å². The molecular formula is C14H26O2. The van der Waals surface area contributed by atoms with Crippen LogP contribution in [0, 0.1) is 5.92 Å². The SMILES string of the molecule is CCCCCCCCC(=O)C1COC(C)C1. The van der Waals surface area contributed by atoms with Crippen LogP contribution in [-0.2, 0) is 9.53 Å². The molecule has 0 bridgehead atoms. The van der Waals surface area contributed by atoms with E-state index in [1.807, 2.05) is 0 Å². The molecule has 16 heavy (non-hydrogen) atoms. The summed E-state index contributed by atoms with van der Waals surface area (Å²) in [4.78, 5) is 11.8. The third-order valence-electron chi connectivity index (χ3n) is 3.43. The molecule has 0 saturated carbocycles. The van der Waals surface area contributed by atoms with Gasteiger partial charge in [0.15, 0.2) is 0 Å². The fraction of sp³-hybridized carbons (Fsp3) is 0.929. The quantitative estimate of drug-likeness (QED) is 0.589. The topological polar surface area (TPSA) is 26.3 Å². The van der Waals surface area contributed by atoms with Crippen molar-refractivity contribution in [3.05, 3.63) is 0 Å². The highest BCUT2D eigenvalue weighted by atomic mass is 16.5. The van der Waals surface area contributed by atoms with Gasteiger partial charge in [-0.2, -0.15) is 0 Å². The van der Waals surface area contributed by atoms with Crippen LogP contribution in [0.25, 0.3) is 0 Å². The fourth-order valence-electron chi connectivity index (χ4n) is 2.33. The Bertz CT molecular complexity index is 201. The van der Waals surface area contributed by atoms with Crippen LogP contribution in [0.5, 0.6) is 0 Å². The second kappa shape index (κ2) is 7.83. The van der Waals surface area contributed by atoms with Gasteiger partial charge < -0.3 is 4.74 Å². The van der Waals surface area contributed by atoms with Crippen LogP contribution < -0.4 is 0 Å². The van der Waals surface area contributed by atoms with Gasteiger partial charge in [0.25, 0.3) is 0 Å². The van der Waals surface area contributed by atoms with Crippen LogP contribution >= 0.6 is 0 Å². The second-order valence-electron chi connectivity index (χ2n) is 5.06. The highest BCUT2D eigenvalue weighted by Gasteiger charge is 2.27. The minimum Gasteiger partial charge on any atom is -0.378 e. The van der Waals surface area contributed by atoms with Gasteiger partial charge in [-0.3, -0.25) is 4.79 Å². The minimum absolute atomic E-state index is 0.200. The van der Waals surface area contributed by atoms with Crippen molar-refractivity contribution < 1.29 is 9.53 Å². The van der Waals surface area contributed by atoms with E-state index in [1.165, 1.54) is 32.1 Å². The second-order valence-corrected chi connectivity index (χ2v) is 5.06. The van der Waals surface area contributed by atoms with Gasteiger partial charge in [0, 0.05) is 12.3 Å². The summed E-state index contributed by atoms with van der Waals surface area (Å²) in [5.74, 6) is 0.630. The van der Waals surface area contributed by atoms with Gasteiger partial charge in [-0.25, -0.2) is 0 Å². The normalized spacial score (nSPS) is 24.9. The molecule has 1 rings (SSSR count). The Labute approximate surface area is 99.8 Å². The van der Waals surface area contributed by atoms with Gasteiger partial charge >= 0.3 is 0 Å². The Kier molecular flexibility index (Phi) is 6.70. The molecule has 2 heteroatoms. The van der Waals surface area contributed by atoms with E-state index >= 15 is 0 Å². The first-order chi connectivity index (χ1) is 7.74. The number of Topliss-reactive ketones (excluding diaryl/α,β-unsaturated/α-hetero) is 1. The Morgan fingerprint density at radius 3 is 2.50 bits per heavy atom. The van der Waals surface area contributed by atoms with Crippen molar-refractivity contribution >= 4 is 5.78 Å². The molecule has 1 aliphatic rings. The van der Waals surface area contributed by atoms with E-state index in [2.05, 4.69) is 13.8 Å². The predicted octanol–water partition coefficient (Wildman–Crippen LogP) is 3.73. The maximum atomic E-state index is 11.8. The highest BCUT2D eigenvalue weighted by Crippen LogP contribution is 2.22. The molecule has 1 saturated heterocycles. The van der Waals surface area contributed by atoms with Crippen LogP contribution in [0.15, 0.2) is 0 Å².